The van der Waals surface area contributed by atoms with E-state index in [0.717, 1.165) is 48.3 Å². The third-order valence-corrected chi connectivity index (χ3v) is 5.53. The number of likely N-dealkylation sites (N-methyl/N-ethyl adjacent to an activating group) is 1. The third kappa shape index (κ3) is 7.00. The Morgan fingerprint density at radius 2 is 1.69 bits per heavy atom. The SMILES string of the molecule is CCCCOc1ccc(C(=O)OC(C[N+]2(C)CCCC2)c2ccccc2)cc1.[I-]. The summed E-state index contributed by atoms with van der Waals surface area (Å²) in [7, 11) is 2.26. The summed E-state index contributed by atoms with van der Waals surface area (Å²) in [6, 6.07) is 17.4. The van der Waals surface area contributed by atoms with Crippen molar-refractivity contribution in [2.24, 2.45) is 0 Å². The van der Waals surface area contributed by atoms with Crippen LogP contribution in [-0.2, 0) is 4.74 Å². The van der Waals surface area contributed by atoms with E-state index < -0.39 is 0 Å². The number of halogens is 1. The highest BCUT2D eigenvalue weighted by atomic mass is 127. The van der Waals surface area contributed by atoms with Crippen molar-refractivity contribution in [1.29, 1.82) is 0 Å². The monoisotopic (exact) mass is 509 g/mol. The van der Waals surface area contributed by atoms with E-state index >= 15 is 0 Å². The number of hydrogen-bond donors (Lipinski definition) is 0. The van der Waals surface area contributed by atoms with Crippen molar-refractivity contribution in [3.8, 4) is 5.75 Å². The van der Waals surface area contributed by atoms with Crippen LogP contribution in [0.1, 0.15) is 54.6 Å². The minimum atomic E-state index is -0.278. The summed E-state index contributed by atoms with van der Waals surface area (Å²) in [5.74, 6) is 0.513. The zero-order valence-corrected chi connectivity index (χ0v) is 19.6. The molecule has 1 atom stereocenters. The minimum Gasteiger partial charge on any atom is -1.00 e. The largest absolute Gasteiger partial charge is 1.00 e. The molecule has 4 nitrogen and oxygen atoms in total. The van der Waals surface area contributed by atoms with Gasteiger partial charge in [-0.2, -0.15) is 0 Å². The molecular weight excluding hydrogens is 477 g/mol. The molecule has 3 rings (SSSR count). The fraction of sp³-hybridized carbons (Fsp3) is 0.458. The van der Waals surface area contributed by atoms with Gasteiger partial charge in [0.25, 0.3) is 0 Å². The number of nitrogens with zero attached hydrogens (tertiary/aromatic N) is 1. The van der Waals surface area contributed by atoms with Gasteiger partial charge in [-0.1, -0.05) is 43.7 Å². The van der Waals surface area contributed by atoms with E-state index in [9.17, 15) is 4.79 Å². The fourth-order valence-electron chi connectivity index (χ4n) is 3.78. The van der Waals surface area contributed by atoms with Gasteiger partial charge in [-0.25, -0.2) is 4.79 Å². The normalized spacial score (nSPS) is 15.9. The first-order chi connectivity index (χ1) is 13.6. The van der Waals surface area contributed by atoms with Crippen LogP contribution in [0.25, 0.3) is 0 Å². The van der Waals surface area contributed by atoms with Crippen LogP contribution in [0.15, 0.2) is 54.6 Å². The van der Waals surface area contributed by atoms with Crippen LogP contribution in [0.4, 0.5) is 0 Å². The lowest BCUT2D eigenvalue weighted by molar-refractivity contribution is -0.901. The lowest BCUT2D eigenvalue weighted by Gasteiger charge is -2.33. The molecule has 0 aromatic heterocycles. The smallest absolute Gasteiger partial charge is 0.338 e. The van der Waals surface area contributed by atoms with Gasteiger partial charge in [-0.3, -0.25) is 0 Å². The van der Waals surface area contributed by atoms with E-state index in [1.54, 1.807) is 12.1 Å². The zero-order valence-electron chi connectivity index (χ0n) is 17.5. The molecule has 0 amide bonds. The summed E-state index contributed by atoms with van der Waals surface area (Å²) in [6.45, 7) is 5.94. The standard InChI is InChI=1S/C24H32NO3.HI/c1-3-4-18-27-22-14-12-21(13-15-22)24(26)28-23(20-10-6-5-7-11-20)19-25(2)16-8-9-17-25;/h5-7,10-15,23H,3-4,8-9,16-19H2,1-2H3;1H/q+1;/p-1. The predicted molar refractivity (Wildman–Crippen MR) is 111 cm³/mol. The average molecular weight is 509 g/mol. The number of carbonyl (C=O) groups excluding carboxylic acids is 1. The van der Waals surface area contributed by atoms with Crippen LogP contribution >= 0.6 is 0 Å². The van der Waals surface area contributed by atoms with E-state index in [0.29, 0.717) is 12.2 Å². The van der Waals surface area contributed by atoms with Crippen LogP contribution in [-0.4, -0.2) is 43.7 Å². The molecule has 1 aliphatic heterocycles. The van der Waals surface area contributed by atoms with Gasteiger partial charge in [0.1, 0.15) is 12.3 Å². The van der Waals surface area contributed by atoms with Crippen molar-refractivity contribution >= 4 is 5.97 Å². The molecular formula is C24H32INO3. The first-order valence-electron chi connectivity index (χ1n) is 10.4. The quantitative estimate of drug-likeness (QED) is 0.225. The summed E-state index contributed by atoms with van der Waals surface area (Å²) in [5, 5.41) is 0. The lowest BCUT2D eigenvalue weighted by atomic mass is 10.1. The van der Waals surface area contributed by atoms with Gasteiger partial charge in [0, 0.05) is 12.8 Å². The van der Waals surface area contributed by atoms with E-state index in [1.165, 1.54) is 12.8 Å². The number of quaternary nitrogens is 1. The molecule has 1 saturated heterocycles. The van der Waals surface area contributed by atoms with Crippen LogP contribution in [0, 0.1) is 0 Å². The Balaban J connectivity index is 0.00000300. The number of rotatable bonds is 9. The van der Waals surface area contributed by atoms with E-state index in [2.05, 4.69) is 14.0 Å². The van der Waals surface area contributed by atoms with Gasteiger partial charge in [0.2, 0.25) is 0 Å². The molecule has 0 spiro atoms. The van der Waals surface area contributed by atoms with E-state index in [-0.39, 0.29) is 36.0 Å². The molecule has 1 heterocycles. The van der Waals surface area contributed by atoms with Gasteiger partial charge < -0.3 is 37.9 Å². The molecule has 0 saturated carbocycles. The van der Waals surface area contributed by atoms with E-state index in [1.807, 2.05) is 42.5 Å². The minimum absolute atomic E-state index is 0. The van der Waals surface area contributed by atoms with Crippen LogP contribution < -0.4 is 28.7 Å². The molecule has 0 N–H and O–H groups in total. The zero-order chi connectivity index (χ0) is 19.8. The number of benzene rings is 2. The first kappa shape index (κ1) is 23.7. The van der Waals surface area contributed by atoms with Crippen molar-refractivity contribution in [2.75, 3.05) is 33.3 Å². The van der Waals surface area contributed by atoms with Crippen LogP contribution in [0.5, 0.6) is 5.75 Å². The highest BCUT2D eigenvalue weighted by Gasteiger charge is 2.33. The number of ether oxygens (including phenoxy) is 2. The number of likely N-dealkylation sites (tertiary alicyclic amines) is 1. The number of carbonyl (C=O) groups is 1. The average Bonchev–Trinajstić information content (AvgIpc) is 3.15. The Bertz CT molecular complexity index is 742. The topological polar surface area (TPSA) is 35.5 Å². The van der Waals surface area contributed by atoms with Crippen LogP contribution in [0.3, 0.4) is 0 Å². The maximum atomic E-state index is 12.8. The van der Waals surface area contributed by atoms with Gasteiger partial charge >= 0.3 is 5.97 Å². The summed E-state index contributed by atoms with van der Waals surface area (Å²) in [5.41, 5.74) is 1.62. The van der Waals surface area contributed by atoms with Crippen molar-refractivity contribution in [1.82, 2.24) is 0 Å². The molecule has 5 heteroatoms. The van der Waals surface area contributed by atoms with Gasteiger partial charge in [-0.15, -0.1) is 0 Å². The molecule has 2 aromatic rings. The highest BCUT2D eigenvalue weighted by Crippen LogP contribution is 2.27. The number of unbranched alkanes of at least 4 members (excludes halogenated alkanes) is 1. The Morgan fingerprint density at radius 1 is 1.03 bits per heavy atom. The third-order valence-electron chi connectivity index (χ3n) is 5.53. The number of hydrogen-bond acceptors (Lipinski definition) is 3. The molecule has 29 heavy (non-hydrogen) atoms. The molecule has 2 aromatic carbocycles. The Kier molecular flexibility index (Phi) is 9.43. The lowest BCUT2D eigenvalue weighted by Crippen LogP contribution is -3.00. The molecule has 0 bridgehead atoms. The van der Waals surface area contributed by atoms with Crippen molar-refractivity contribution in [3.05, 3.63) is 65.7 Å². The maximum absolute atomic E-state index is 12.8. The summed E-state index contributed by atoms with van der Waals surface area (Å²) in [4.78, 5) is 12.8. The fourth-order valence-corrected chi connectivity index (χ4v) is 3.78. The second kappa shape index (κ2) is 11.6. The molecule has 0 aliphatic carbocycles. The first-order valence-corrected chi connectivity index (χ1v) is 10.4. The Morgan fingerprint density at radius 3 is 2.31 bits per heavy atom. The summed E-state index contributed by atoms with van der Waals surface area (Å²) < 4.78 is 12.6. The van der Waals surface area contributed by atoms with Crippen molar-refractivity contribution in [3.63, 3.8) is 0 Å². The molecule has 158 valence electrons. The van der Waals surface area contributed by atoms with Crippen LogP contribution in [0.2, 0.25) is 0 Å². The van der Waals surface area contributed by atoms with Gasteiger partial charge in [0.15, 0.2) is 6.10 Å². The van der Waals surface area contributed by atoms with Gasteiger partial charge in [-0.05, 0) is 36.2 Å². The Labute approximate surface area is 191 Å². The molecule has 1 fully saturated rings. The Hall–Kier alpha value is -1.60. The summed E-state index contributed by atoms with van der Waals surface area (Å²) >= 11 is 0. The maximum Gasteiger partial charge on any atom is 0.338 e. The number of esters is 1. The molecule has 0 radical (unpaired) electrons. The highest BCUT2D eigenvalue weighted by molar-refractivity contribution is 5.89. The van der Waals surface area contributed by atoms with Crippen molar-refractivity contribution in [2.45, 2.75) is 38.7 Å². The second-order valence-corrected chi connectivity index (χ2v) is 7.99. The summed E-state index contributed by atoms with van der Waals surface area (Å²) in [6.07, 6.45) is 4.37. The second-order valence-electron chi connectivity index (χ2n) is 7.99. The van der Waals surface area contributed by atoms with E-state index in [4.69, 9.17) is 9.47 Å². The van der Waals surface area contributed by atoms with Crippen molar-refractivity contribution < 1.29 is 42.7 Å². The van der Waals surface area contributed by atoms with Gasteiger partial charge in [0.05, 0.1) is 32.3 Å². The molecule has 1 unspecified atom stereocenters. The predicted octanol–water partition coefficient (Wildman–Crippen LogP) is 2.01. The molecule has 1 aliphatic rings.